The summed E-state index contributed by atoms with van der Waals surface area (Å²) in [6.07, 6.45) is 4.12. The summed E-state index contributed by atoms with van der Waals surface area (Å²) in [5.74, 6) is 0. The molecule has 1 fully saturated rings. The number of thiazole rings is 1. The average Bonchev–Trinajstić information content (AvgIpc) is 2.88. The van der Waals surface area contributed by atoms with Crippen LogP contribution < -0.4 is 0 Å². The van der Waals surface area contributed by atoms with E-state index in [9.17, 15) is 8.42 Å². The SMILES string of the molecule is Cc1nc(-c2cc(S(=O)(=O)N3CCCCCC3)c(C)n2C)sc1C. The van der Waals surface area contributed by atoms with Gasteiger partial charge in [-0.15, -0.1) is 11.3 Å². The van der Waals surface area contributed by atoms with Crippen LogP contribution in [0.15, 0.2) is 11.0 Å². The van der Waals surface area contributed by atoms with Crippen LogP contribution in [0.3, 0.4) is 0 Å². The Morgan fingerprint density at radius 1 is 1.08 bits per heavy atom. The van der Waals surface area contributed by atoms with Gasteiger partial charge in [0, 0.05) is 30.7 Å². The highest BCUT2D eigenvalue weighted by Crippen LogP contribution is 2.33. The van der Waals surface area contributed by atoms with Crippen molar-refractivity contribution in [3.8, 4) is 10.7 Å². The van der Waals surface area contributed by atoms with Crippen molar-refractivity contribution >= 4 is 21.4 Å². The van der Waals surface area contributed by atoms with Gasteiger partial charge in [0.25, 0.3) is 0 Å². The van der Waals surface area contributed by atoms with Gasteiger partial charge in [-0.25, -0.2) is 13.4 Å². The van der Waals surface area contributed by atoms with Crippen LogP contribution in [0.5, 0.6) is 0 Å². The van der Waals surface area contributed by atoms with Crippen molar-refractivity contribution in [1.82, 2.24) is 13.9 Å². The van der Waals surface area contributed by atoms with Crippen molar-refractivity contribution in [2.24, 2.45) is 7.05 Å². The van der Waals surface area contributed by atoms with Gasteiger partial charge in [-0.2, -0.15) is 4.31 Å². The van der Waals surface area contributed by atoms with Gasteiger partial charge in [0.2, 0.25) is 10.0 Å². The van der Waals surface area contributed by atoms with E-state index in [-0.39, 0.29) is 0 Å². The van der Waals surface area contributed by atoms with Gasteiger partial charge in [0.05, 0.1) is 11.4 Å². The zero-order valence-electron chi connectivity index (χ0n) is 14.8. The van der Waals surface area contributed by atoms with E-state index >= 15 is 0 Å². The summed E-state index contributed by atoms with van der Waals surface area (Å²) in [6.45, 7) is 7.16. The van der Waals surface area contributed by atoms with Crippen LogP contribution in [0.2, 0.25) is 0 Å². The topological polar surface area (TPSA) is 55.2 Å². The van der Waals surface area contributed by atoms with Gasteiger partial charge in [-0.1, -0.05) is 12.8 Å². The fourth-order valence-corrected chi connectivity index (χ4v) is 5.90. The van der Waals surface area contributed by atoms with Crippen molar-refractivity contribution < 1.29 is 8.42 Å². The first-order valence-electron chi connectivity index (χ1n) is 8.43. The van der Waals surface area contributed by atoms with Crippen molar-refractivity contribution in [1.29, 1.82) is 0 Å². The lowest BCUT2D eigenvalue weighted by Gasteiger charge is -2.19. The molecule has 0 aliphatic carbocycles. The molecule has 0 N–H and O–H groups in total. The first kappa shape index (κ1) is 17.6. The summed E-state index contributed by atoms with van der Waals surface area (Å²) in [7, 11) is -1.52. The van der Waals surface area contributed by atoms with Crippen molar-refractivity contribution in [3.63, 3.8) is 0 Å². The molecular formula is C17H25N3O2S2. The normalized spacial score (nSPS) is 17.2. The third-order valence-corrected chi connectivity index (χ3v) is 8.03. The number of hydrogen-bond acceptors (Lipinski definition) is 4. The summed E-state index contributed by atoms with van der Waals surface area (Å²) in [4.78, 5) is 6.19. The van der Waals surface area contributed by atoms with Crippen LogP contribution in [0, 0.1) is 20.8 Å². The first-order chi connectivity index (χ1) is 11.3. The van der Waals surface area contributed by atoms with E-state index in [1.807, 2.05) is 32.4 Å². The molecule has 0 atom stereocenters. The minimum absolute atomic E-state index is 0.424. The van der Waals surface area contributed by atoms with Crippen LogP contribution >= 0.6 is 11.3 Å². The van der Waals surface area contributed by atoms with Gasteiger partial charge in [-0.05, 0) is 39.7 Å². The summed E-state index contributed by atoms with van der Waals surface area (Å²) in [5.41, 5.74) is 2.66. The lowest BCUT2D eigenvalue weighted by atomic mass is 10.2. The summed E-state index contributed by atoms with van der Waals surface area (Å²) in [5, 5.41) is 0.882. The van der Waals surface area contributed by atoms with Crippen LogP contribution in [0.25, 0.3) is 10.7 Å². The monoisotopic (exact) mass is 367 g/mol. The maximum atomic E-state index is 13.1. The van der Waals surface area contributed by atoms with Crippen LogP contribution in [0.1, 0.15) is 41.9 Å². The Morgan fingerprint density at radius 3 is 2.25 bits per heavy atom. The molecule has 7 heteroatoms. The highest BCUT2D eigenvalue weighted by Gasteiger charge is 2.29. The number of rotatable bonds is 3. The molecule has 0 aromatic carbocycles. The smallest absolute Gasteiger partial charge is 0.244 e. The molecule has 5 nitrogen and oxygen atoms in total. The standard InChI is InChI=1S/C17H25N3O2S2/c1-12-14(3)23-17(18-12)15-11-16(13(2)19(15)4)24(21,22)20-9-7-5-6-8-10-20/h11H,5-10H2,1-4H3. The van der Waals surface area contributed by atoms with E-state index < -0.39 is 10.0 Å². The number of hydrogen-bond donors (Lipinski definition) is 0. The minimum Gasteiger partial charge on any atom is -0.345 e. The highest BCUT2D eigenvalue weighted by molar-refractivity contribution is 7.89. The Morgan fingerprint density at radius 2 is 1.71 bits per heavy atom. The highest BCUT2D eigenvalue weighted by atomic mass is 32.2. The lowest BCUT2D eigenvalue weighted by Crippen LogP contribution is -2.32. The third kappa shape index (κ3) is 3.05. The second-order valence-corrected chi connectivity index (χ2v) is 9.63. The molecule has 132 valence electrons. The van der Waals surface area contributed by atoms with Gasteiger partial charge in [0.15, 0.2) is 0 Å². The Balaban J connectivity index is 2.04. The van der Waals surface area contributed by atoms with Gasteiger partial charge >= 0.3 is 0 Å². The van der Waals surface area contributed by atoms with Crippen LogP contribution in [-0.4, -0.2) is 35.4 Å². The number of nitrogens with zero attached hydrogens (tertiary/aromatic N) is 3. The van der Waals surface area contributed by atoms with E-state index in [0.717, 1.165) is 47.8 Å². The maximum absolute atomic E-state index is 13.1. The molecule has 1 saturated heterocycles. The molecule has 2 aromatic heterocycles. The third-order valence-electron chi connectivity index (χ3n) is 4.92. The molecule has 1 aliphatic rings. The van der Waals surface area contributed by atoms with Gasteiger partial charge in [-0.3, -0.25) is 0 Å². The summed E-state index contributed by atoms with van der Waals surface area (Å²) < 4.78 is 29.9. The van der Waals surface area contributed by atoms with E-state index in [0.29, 0.717) is 18.0 Å². The molecule has 2 aromatic rings. The molecule has 3 heterocycles. The predicted octanol–water partition coefficient (Wildman–Crippen LogP) is 3.64. The lowest BCUT2D eigenvalue weighted by molar-refractivity contribution is 0.423. The number of sulfonamides is 1. The molecule has 0 bridgehead atoms. The Labute approximate surface area is 148 Å². The second-order valence-electron chi connectivity index (χ2n) is 6.52. The Hall–Kier alpha value is -1.18. The van der Waals surface area contributed by atoms with E-state index in [1.165, 1.54) is 4.88 Å². The number of aromatic nitrogens is 2. The number of aryl methyl sites for hydroxylation is 2. The van der Waals surface area contributed by atoms with E-state index in [2.05, 4.69) is 4.98 Å². The molecule has 0 spiro atoms. The Bertz CT molecular complexity index is 822. The summed E-state index contributed by atoms with van der Waals surface area (Å²) >= 11 is 1.61. The second kappa shape index (κ2) is 6.61. The van der Waals surface area contributed by atoms with E-state index in [1.54, 1.807) is 21.7 Å². The maximum Gasteiger partial charge on any atom is 0.244 e. The van der Waals surface area contributed by atoms with Crippen LogP contribution in [-0.2, 0) is 17.1 Å². The quantitative estimate of drug-likeness (QED) is 0.832. The van der Waals surface area contributed by atoms with Crippen LogP contribution in [0.4, 0.5) is 0 Å². The molecule has 0 unspecified atom stereocenters. The molecule has 3 rings (SSSR count). The fraction of sp³-hybridized carbons (Fsp3) is 0.588. The molecule has 0 saturated carbocycles. The van der Waals surface area contributed by atoms with Crippen molar-refractivity contribution in [2.45, 2.75) is 51.3 Å². The molecule has 0 amide bonds. The van der Waals surface area contributed by atoms with E-state index in [4.69, 9.17) is 0 Å². The molecule has 0 radical (unpaired) electrons. The fourth-order valence-electron chi connectivity index (χ4n) is 3.14. The average molecular weight is 368 g/mol. The van der Waals surface area contributed by atoms with Crippen molar-refractivity contribution in [2.75, 3.05) is 13.1 Å². The first-order valence-corrected chi connectivity index (χ1v) is 10.7. The Kier molecular flexibility index (Phi) is 4.86. The predicted molar refractivity (Wildman–Crippen MR) is 98.0 cm³/mol. The summed E-state index contributed by atoms with van der Waals surface area (Å²) in [6, 6.07) is 1.80. The van der Waals surface area contributed by atoms with Crippen molar-refractivity contribution in [3.05, 3.63) is 22.3 Å². The zero-order chi connectivity index (χ0) is 17.5. The van der Waals surface area contributed by atoms with Gasteiger partial charge in [0.1, 0.15) is 9.90 Å². The molecule has 1 aliphatic heterocycles. The molecule has 24 heavy (non-hydrogen) atoms. The van der Waals surface area contributed by atoms with Gasteiger partial charge < -0.3 is 4.57 Å². The minimum atomic E-state index is -3.44. The largest absolute Gasteiger partial charge is 0.345 e. The zero-order valence-corrected chi connectivity index (χ0v) is 16.4. The molecular weight excluding hydrogens is 342 g/mol.